The molecule has 13 nitrogen and oxygen atoms in total. The van der Waals surface area contributed by atoms with Crippen LogP contribution >= 0.6 is 0 Å². The standard InChI is InChI=1S/C51H85NO12/c1-3-4-5-6-7-8-9-10-11-12-13-14-19-25-54-27-29-56-31-33-58-35-37-60-39-41-62-43-44-63-42-40-61-38-36-59-34-32-57-30-28-55-26-24-52(2)51(53)64-45-50-48-22-17-15-20-46(48)47-21-16-18-23-49(47)50/h15-18,20-23,50H,3-14,19,24-45H2,1-2H3. The van der Waals surface area contributed by atoms with Gasteiger partial charge in [0.15, 0.2) is 0 Å². The molecule has 0 aromatic heterocycles. The van der Waals surface area contributed by atoms with Crippen LogP contribution in [0.1, 0.15) is 107 Å². The quantitative estimate of drug-likeness (QED) is 0.0590. The summed E-state index contributed by atoms with van der Waals surface area (Å²) in [5.41, 5.74) is 4.81. The zero-order chi connectivity index (χ0) is 45.2. The van der Waals surface area contributed by atoms with Crippen molar-refractivity contribution < 1.29 is 56.9 Å². The van der Waals surface area contributed by atoms with E-state index >= 15 is 0 Å². The number of ether oxygens (including phenoxy) is 11. The Bertz CT molecular complexity index is 1320. The number of unbranched alkanes of at least 4 members (excludes halogenated alkanes) is 12. The maximum atomic E-state index is 12.6. The van der Waals surface area contributed by atoms with Crippen LogP contribution in [-0.4, -0.2) is 163 Å². The number of likely N-dealkylation sites (N-methyl/N-ethyl adjacent to an activating group) is 1. The van der Waals surface area contributed by atoms with E-state index < -0.39 is 0 Å². The van der Waals surface area contributed by atoms with Gasteiger partial charge in [-0.2, -0.15) is 0 Å². The highest BCUT2D eigenvalue weighted by Crippen LogP contribution is 2.44. The van der Waals surface area contributed by atoms with Gasteiger partial charge in [-0.25, -0.2) is 4.79 Å². The number of rotatable bonds is 46. The van der Waals surface area contributed by atoms with Gasteiger partial charge in [-0.05, 0) is 28.7 Å². The molecule has 0 bridgehead atoms. The van der Waals surface area contributed by atoms with Gasteiger partial charge in [0.25, 0.3) is 0 Å². The molecule has 64 heavy (non-hydrogen) atoms. The lowest BCUT2D eigenvalue weighted by Gasteiger charge is -2.19. The Balaban J connectivity index is 0.923. The van der Waals surface area contributed by atoms with Gasteiger partial charge in [0.1, 0.15) is 6.61 Å². The minimum Gasteiger partial charge on any atom is -0.448 e. The fourth-order valence-corrected chi connectivity index (χ4v) is 7.30. The van der Waals surface area contributed by atoms with Crippen LogP contribution in [0.2, 0.25) is 0 Å². The first-order chi connectivity index (χ1) is 31.7. The minimum atomic E-state index is -0.361. The van der Waals surface area contributed by atoms with Crippen molar-refractivity contribution in [1.82, 2.24) is 4.90 Å². The smallest absolute Gasteiger partial charge is 0.409 e. The molecule has 0 aliphatic heterocycles. The van der Waals surface area contributed by atoms with Crippen molar-refractivity contribution >= 4 is 6.09 Å². The van der Waals surface area contributed by atoms with Gasteiger partial charge < -0.3 is 57.0 Å². The lowest BCUT2D eigenvalue weighted by molar-refractivity contribution is -0.0266. The maximum Gasteiger partial charge on any atom is 0.409 e. The predicted octanol–water partition coefficient (Wildman–Crippen LogP) is 9.12. The summed E-state index contributed by atoms with van der Waals surface area (Å²) in [5.74, 6) is 0.0396. The van der Waals surface area contributed by atoms with Crippen LogP contribution in [-0.2, 0) is 52.1 Å². The zero-order valence-corrected chi connectivity index (χ0v) is 39.8. The Labute approximate surface area is 386 Å². The highest BCUT2D eigenvalue weighted by molar-refractivity contribution is 5.79. The fourth-order valence-electron chi connectivity index (χ4n) is 7.30. The van der Waals surface area contributed by atoms with E-state index in [9.17, 15) is 4.79 Å². The lowest BCUT2D eigenvalue weighted by atomic mass is 9.98. The summed E-state index contributed by atoms with van der Waals surface area (Å²) in [6.07, 6.45) is 17.4. The van der Waals surface area contributed by atoms with Gasteiger partial charge in [0.2, 0.25) is 0 Å². The molecule has 2 aromatic carbocycles. The van der Waals surface area contributed by atoms with Crippen LogP contribution in [0.15, 0.2) is 48.5 Å². The van der Waals surface area contributed by atoms with Crippen LogP contribution in [0, 0.1) is 0 Å². The normalized spacial score (nSPS) is 12.2. The number of nitrogens with zero attached hydrogens (tertiary/aromatic N) is 1. The van der Waals surface area contributed by atoms with Crippen molar-refractivity contribution in [3.63, 3.8) is 0 Å². The molecule has 3 rings (SSSR count). The molecule has 366 valence electrons. The molecule has 1 aliphatic carbocycles. The van der Waals surface area contributed by atoms with E-state index in [1.165, 1.54) is 104 Å². The molecular formula is C51H85NO12. The fraction of sp³-hybridized carbons (Fsp3) is 0.745. The number of fused-ring (bicyclic) bond motifs is 3. The highest BCUT2D eigenvalue weighted by atomic mass is 16.6. The van der Waals surface area contributed by atoms with E-state index in [1.807, 2.05) is 24.3 Å². The lowest BCUT2D eigenvalue weighted by Crippen LogP contribution is -2.32. The average molecular weight is 904 g/mol. The number of amides is 1. The Kier molecular flexibility index (Phi) is 35.3. The molecule has 0 saturated heterocycles. The molecule has 0 spiro atoms. The second kappa shape index (κ2) is 40.6. The monoisotopic (exact) mass is 904 g/mol. The summed E-state index contributed by atoms with van der Waals surface area (Å²) in [6.45, 7) is 13.5. The Morgan fingerprint density at radius 2 is 0.703 bits per heavy atom. The summed E-state index contributed by atoms with van der Waals surface area (Å²) >= 11 is 0. The molecule has 0 atom stereocenters. The van der Waals surface area contributed by atoms with Crippen LogP contribution in [0.4, 0.5) is 4.79 Å². The summed E-state index contributed by atoms with van der Waals surface area (Å²) < 4.78 is 61.4. The summed E-state index contributed by atoms with van der Waals surface area (Å²) in [4.78, 5) is 14.2. The maximum absolute atomic E-state index is 12.6. The zero-order valence-electron chi connectivity index (χ0n) is 39.8. The molecule has 0 N–H and O–H groups in total. The van der Waals surface area contributed by atoms with E-state index in [1.54, 1.807) is 7.05 Å². The second-order valence-corrected chi connectivity index (χ2v) is 16.1. The van der Waals surface area contributed by atoms with Gasteiger partial charge >= 0.3 is 6.09 Å². The van der Waals surface area contributed by atoms with Crippen molar-refractivity contribution in [3.05, 3.63) is 59.7 Å². The molecule has 0 saturated carbocycles. The van der Waals surface area contributed by atoms with E-state index in [2.05, 4.69) is 31.2 Å². The van der Waals surface area contributed by atoms with Crippen LogP contribution in [0.3, 0.4) is 0 Å². The first-order valence-electron chi connectivity index (χ1n) is 24.6. The summed E-state index contributed by atoms with van der Waals surface area (Å²) in [5, 5.41) is 0. The SMILES string of the molecule is CCCCCCCCCCCCCCCOCCOCCOCCOCCOCCOCCOCCOCCOCCOCCN(C)C(=O)OCC1c2ccccc2-c2ccccc21. The first kappa shape index (κ1) is 55.6. The molecular weight excluding hydrogens is 819 g/mol. The van der Waals surface area contributed by atoms with Crippen molar-refractivity contribution in [1.29, 1.82) is 0 Å². The molecule has 13 heteroatoms. The first-order valence-corrected chi connectivity index (χ1v) is 24.6. The van der Waals surface area contributed by atoms with Gasteiger partial charge in [-0.1, -0.05) is 133 Å². The molecule has 2 aromatic rings. The van der Waals surface area contributed by atoms with Gasteiger partial charge in [0, 0.05) is 26.1 Å². The third-order valence-corrected chi connectivity index (χ3v) is 11.0. The third-order valence-electron chi connectivity index (χ3n) is 11.0. The highest BCUT2D eigenvalue weighted by Gasteiger charge is 2.29. The van der Waals surface area contributed by atoms with E-state index in [4.69, 9.17) is 52.1 Å². The van der Waals surface area contributed by atoms with Crippen molar-refractivity contribution in [2.24, 2.45) is 0 Å². The Morgan fingerprint density at radius 3 is 1.06 bits per heavy atom. The molecule has 0 heterocycles. The minimum absolute atomic E-state index is 0.0396. The number of carbonyl (C=O) groups is 1. The van der Waals surface area contributed by atoms with E-state index in [0.29, 0.717) is 139 Å². The van der Waals surface area contributed by atoms with Crippen LogP contribution < -0.4 is 0 Å². The van der Waals surface area contributed by atoms with Crippen molar-refractivity contribution in [2.45, 2.75) is 96.3 Å². The molecule has 1 amide bonds. The number of hydrogen-bond donors (Lipinski definition) is 0. The largest absolute Gasteiger partial charge is 0.448 e. The van der Waals surface area contributed by atoms with Gasteiger partial charge in [-0.3, -0.25) is 0 Å². The predicted molar refractivity (Wildman–Crippen MR) is 252 cm³/mol. The number of hydrogen-bond acceptors (Lipinski definition) is 12. The van der Waals surface area contributed by atoms with Crippen molar-refractivity contribution in [3.8, 4) is 11.1 Å². The van der Waals surface area contributed by atoms with E-state index in [-0.39, 0.29) is 12.0 Å². The molecule has 0 fully saturated rings. The van der Waals surface area contributed by atoms with Gasteiger partial charge in [0.05, 0.1) is 126 Å². The van der Waals surface area contributed by atoms with E-state index in [0.717, 1.165) is 13.0 Å². The average Bonchev–Trinajstić information content (AvgIpc) is 3.64. The number of benzene rings is 2. The summed E-state index contributed by atoms with van der Waals surface area (Å²) in [6, 6.07) is 16.6. The van der Waals surface area contributed by atoms with Crippen LogP contribution in [0.25, 0.3) is 11.1 Å². The van der Waals surface area contributed by atoms with Crippen molar-refractivity contribution in [2.75, 3.05) is 152 Å². The molecule has 0 radical (unpaired) electrons. The van der Waals surface area contributed by atoms with Crippen LogP contribution in [0.5, 0.6) is 0 Å². The topological polar surface area (TPSA) is 122 Å². The van der Waals surface area contributed by atoms with Gasteiger partial charge in [-0.15, -0.1) is 0 Å². The second-order valence-electron chi connectivity index (χ2n) is 16.1. The Morgan fingerprint density at radius 1 is 0.406 bits per heavy atom. The Hall–Kier alpha value is -2.69. The summed E-state index contributed by atoms with van der Waals surface area (Å²) in [7, 11) is 1.72. The molecule has 1 aliphatic rings. The molecule has 0 unspecified atom stereocenters. The third kappa shape index (κ3) is 27.7. The number of carbonyl (C=O) groups excluding carboxylic acids is 1.